The molecule has 1 rings (SSSR count). The summed E-state index contributed by atoms with van der Waals surface area (Å²) >= 11 is 3.44. The number of rotatable bonds is 7. The summed E-state index contributed by atoms with van der Waals surface area (Å²) in [5.74, 6) is 0.739. The first-order valence-electron chi connectivity index (χ1n) is 6.97. The minimum absolute atomic E-state index is 0.0108. The average molecular weight is 343 g/mol. The Bertz CT molecular complexity index is 447. The standard InChI is InChI=1S/C15H23BrN2O2/c1-4-18(5-2)15(19)11(3)20-14-7-6-13(16)10-12(14)8-9-17/h6-7,10-11H,4-5,8-9,17H2,1-3H3. The maximum absolute atomic E-state index is 12.2. The minimum atomic E-state index is -0.493. The number of ether oxygens (including phenoxy) is 1. The molecule has 0 aliphatic rings. The summed E-state index contributed by atoms with van der Waals surface area (Å²) in [4.78, 5) is 14.0. The molecular formula is C15H23BrN2O2. The van der Waals surface area contributed by atoms with E-state index in [1.54, 1.807) is 11.8 Å². The van der Waals surface area contributed by atoms with Crippen molar-refractivity contribution in [2.75, 3.05) is 19.6 Å². The normalized spacial score (nSPS) is 12.1. The second-order valence-corrected chi connectivity index (χ2v) is 5.48. The molecule has 20 heavy (non-hydrogen) atoms. The third-order valence-electron chi connectivity index (χ3n) is 3.16. The fourth-order valence-electron chi connectivity index (χ4n) is 2.05. The zero-order chi connectivity index (χ0) is 15.1. The second-order valence-electron chi connectivity index (χ2n) is 4.56. The summed E-state index contributed by atoms with van der Waals surface area (Å²) in [6.07, 6.45) is 0.230. The number of nitrogens with zero attached hydrogens (tertiary/aromatic N) is 1. The van der Waals surface area contributed by atoms with Crippen molar-refractivity contribution in [3.05, 3.63) is 28.2 Å². The number of halogens is 1. The fourth-order valence-corrected chi connectivity index (χ4v) is 2.46. The Morgan fingerprint density at radius 2 is 2.05 bits per heavy atom. The first-order valence-corrected chi connectivity index (χ1v) is 7.76. The van der Waals surface area contributed by atoms with Gasteiger partial charge in [0.2, 0.25) is 0 Å². The topological polar surface area (TPSA) is 55.6 Å². The van der Waals surface area contributed by atoms with Crippen molar-refractivity contribution in [2.45, 2.75) is 33.3 Å². The molecule has 112 valence electrons. The Morgan fingerprint density at radius 3 is 2.60 bits per heavy atom. The van der Waals surface area contributed by atoms with Gasteiger partial charge in [-0.25, -0.2) is 0 Å². The number of carbonyl (C=O) groups excluding carboxylic acids is 1. The first kappa shape index (κ1) is 17.0. The number of benzene rings is 1. The molecule has 0 fully saturated rings. The van der Waals surface area contributed by atoms with E-state index in [1.807, 2.05) is 32.0 Å². The second kappa shape index (κ2) is 8.27. The molecule has 0 bridgehead atoms. The van der Waals surface area contributed by atoms with Crippen LogP contribution in [0.3, 0.4) is 0 Å². The Morgan fingerprint density at radius 1 is 1.40 bits per heavy atom. The molecule has 0 heterocycles. The number of hydrogen-bond donors (Lipinski definition) is 1. The highest BCUT2D eigenvalue weighted by Crippen LogP contribution is 2.24. The summed E-state index contributed by atoms with van der Waals surface area (Å²) < 4.78 is 6.81. The number of likely N-dealkylation sites (N-methyl/N-ethyl adjacent to an activating group) is 1. The van der Waals surface area contributed by atoms with Gasteiger partial charge in [-0.2, -0.15) is 0 Å². The lowest BCUT2D eigenvalue weighted by atomic mass is 10.1. The van der Waals surface area contributed by atoms with Crippen molar-refractivity contribution in [1.82, 2.24) is 4.90 Å². The lowest BCUT2D eigenvalue weighted by molar-refractivity contribution is -0.137. The van der Waals surface area contributed by atoms with Gasteiger partial charge in [0.25, 0.3) is 5.91 Å². The van der Waals surface area contributed by atoms with Gasteiger partial charge < -0.3 is 15.4 Å². The van der Waals surface area contributed by atoms with Crippen molar-refractivity contribution in [3.8, 4) is 5.75 Å². The van der Waals surface area contributed by atoms with Crippen LogP contribution in [0.25, 0.3) is 0 Å². The first-order chi connectivity index (χ1) is 9.53. The van der Waals surface area contributed by atoms with Crippen molar-refractivity contribution in [1.29, 1.82) is 0 Å². The van der Waals surface area contributed by atoms with Gasteiger partial charge in [-0.05, 0) is 57.5 Å². The van der Waals surface area contributed by atoms with Crippen LogP contribution in [-0.4, -0.2) is 36.5 Å². The molecule has 4 nitrogen and oxygen atoms in total. The lowest BCUT2D eigenvalue weighted by Gasteiger charge is -2.24. The highest BCUT2D eigenvalue weighted by molar-refractivity contribution is 9.10. The zero-order valence-electron chi connectivity index (χ0n) is 12.4. The van der Waals surface area contributed by atoms with E-state index in [9.17, 15) is 4.79 Å². The number of carbonyl (C=O) groups is 1. The highest BCUT2D eigenvalue weighted by Gasteiger charge is 2.20. The highest BCUT2D eigenvalue weighted by atomic mass is 79.9. The lowest BCUT2D eigenvalue weighted by Crippen LogP contribution is -2.40. The summed E-state index contributed by atoms with van der Waals surface area (Å²) in [6.45, 7) is 7.65. The van der Waals surface area contributed by atoms with Crippen molar-refractivity contribution < 1.29 is 9.53 Å². The molecule has 1 unspecified atom stereocenters. The monoisotopic (exact) mass is 342 g/mol. The molecule has 1 amide bonds. The average Bonchev–Trinajstić information content (AvgIpc) is 2.43. The number of nitrogens with two attached hydrogens (primary N) is 1. The van der Waals surface area contributed by atoms with Gasteiger partial charge in [-0.3, -0.25) is 4.79 Å². The Balaban J connectivity index is 2.84. The fraction of sp³-hybridized carbons (Fsp3) is 0.533. The van der Waals surface area contributed by atoms with E-state index in [4.69, 9.17) is 10.5 Å². The maximum Gasteiger partial charge on any atom is 0.263 e. The molecule has 2 N–H and O–H groups in total. The van der Waals surface area contributed by atoms with Gasteiger partial charge in [-0.1, -0.05) is 15.9 Å². The van der Waals surface area contributed by atoms with Gasteiger partial charge in [0.1, 0.15) is 5.75 Å². The molecule has 0 saturated carbocycles. The van der Waals surface area contributed by atoms with Crippen molar-refractivity contribution in [3.63, 3.8) is 0 Å². The van der Waals surface area contributed by atoms with E-state index in [1.165, 1.54) is 0 Å². The van der Waals surface area contributed by atoms with Crippen molar-refractivity contribution >= 4 is 21.8 Å². The molecule has 5 heteroatoms. The Hall–Kier alpha value is -1.07. The van der Waals surface area contributed by atoms with E-state index in [-0.39, 0.29) is 5.91 Å². The molecule has 0 aliphatic carbocycles. The smallest absolute Gasteiger partial charge is 0.263 e. The van der Waals surface area contributed by atoms with Crippen LogP contribution in [0.1, 0.15) is 26.3 Å². The van der Waals surface area contributed by atoms with Gasteiger partial charge in [0.05, 0.1) is 0 Å². The molecule has 0 aromatic heterocycles. The maximum atomic E-state index is 12.2. The number of amides is 1. The van der Waals surface area contributed by atoms with E-state index < -0.39 is 6.10 Å². The minimum Gasteiger partial charge on any atom is -0.481 e. The van der Waals surface area contributed by atoms with Crippen LogP contribution in [-0.2, 0) is 11.2 Å². The molecule has 1 atom stereocenters. The zero-order valence-corrected chi connectivity index (χ0v) is 13.9. The number of hydrogen-bond acceptors (Lipinski definition) is 3. The van der Waals surface area contributed by atoms with Crippen molar-refractivity contribution in [2.24, 2.45) is 5.73 Å². The molecule has 1 aromatic carbocycles. The summed E-state index contributed by atoms with van der Waals surface area (Å²) in [6, 6.07) is 5.77. The molecule has 0 spiro atoms. The van der Waals surface area contributed by atoms with Crippen LogP contribution < -0.4 is 10.5 Å². The van der Waals surface area contributed by atoms with E-state index in [0.29, 0.717) is 19.6 Å². The van der Waals surface area contributed by atoms with Crippen LogP contribution in [0, 0.1) is 0 Å². The van der Waals surface area contributed by atoms with Crippen LogP contribution in [0.2, 0.25) is 0 Å². The Labute approximate surface area is 129 Å². The predicted molar refractivity (Wildman–Crippen MR) is 84.9 cm³/mol. The van der Waals surface area contributed by atoms with Gasteiger partial charge in [-0.15, -0.1) is 0 Å². The molecule has 0 radical (unpaired) electrons. The molecular weight excluding hydrogens is 320 g/mol. The predicted octanol–water partition coefficient (Wildman–Crippen LogP) is 2.59. The molecule has 0 saturated heterocycles. The summed E-state index contributed by atoms with van der Waals surface area (Å²) in [7, 11) is 0. The van der Waals surface area contributed by atoms with Gasteiger partial charge in [0, 0.05) is 17.6 Å². The third-order valence-corrected chi connectivity index (χ3v) is 3.66. The quantitative estimate of drug-likeness (QED) is 0.828. The molecule has 1 aromatic rings. The van der Waals surface area contributed by atoms with E-state index in [2.05, 4.69) is 15.9 Å². The Kier molecular flexibility index (Phi) is 7.02. The molecule has 0 aliphatic heterocycles. The van der Waals surface area contributed by atoms with E-state index in [0.717, 1.165) is 22.2 Å². The van der Waals surface area contributed by atoms with Crippen LogP contribution >= 0.6 is 15.9 Å². The van der Waals surface area contributed by atoms with Gasteiger partial charge in [0.15, 0.2) is 6.10 Å². The van der Waals surface area contributed by atoms with Crippen LogP contribution in [0.5, 0.6) is 5.75 Å². The van der Waals surface area contributed by atoms with Crippen LogP contribution in [0.15, 0.2) is 22.7 Å². The SMILES string of the molecule is CCN(CC)C(=O)C(C)Oc1ccc(Br)cc1CCN. The van der Waals surface area contributed by atoms with E-state index >= 15 is 0 Å². The van der Waals surface area contributed by atoms with Crippen LogP contribution in [0.4, 0.5) is 0 Å². The van der Waals surface area contributed by atoms with Gasteiger partial charge >= 0.3 is 0 Å². The third kappa shape index (κ3) is 4.49. The summed E-state index contributed by atoms with van der Waals surface area (Å²) in [5, 5.41) is 0. The summed E-state index contributed by atoms with van der Waals surface area (Å²) in [5.41, 5.74) is 6.63. The largest absolute Gasteiger partial charge is 0.481 e.